The maximum atomic E-state index is 13.4. The van der Waals surface area contributed by atoms with E-state index in [1.165, 1.54) is 12.2 Å². The largest absolute Gasteiger partial charge is 0.481 e. The Bertz CT molecular complexity index is 672. The molecular formula is C12H11F2NO4S. The van der Waals surface area contributed by atoms with E-state index in [9.17, 15) is 22.0 Å². The number of hydrogen-bond donors (Lipinski definition) is 2. The van der Waals surface area contributed by atoms with Gasteiger partial charge in [-0.05, 0) is 24.6 Å². The minimum Gasteiger partial charge on any atom is -0.481 e. The summed E-state index contributed by atoms with van der Waals surface area (Å²) in [5.41, 5.74) is 0. The number of halogens is 2. The van der Waals surface area contributed by atoms with Crippen molar-refractivity contribution in [1.29, 1.82) is 0 Å². The fourth-order valence-electron chi connectivity index (χ4n) is 1.92. The first-order valence-electron chi connectivity index (χ1n) is 5.68. The number of sulfonamides is 1. The average molecular weight is 303 g/mol. The van der Waals surface area contributed by atoms with Crippen LogP contribution in [0.25, 0.3) is 0 Å². The van der Waals surface area contributed by atoms with Gasteiger partial charge in [-0.15, -0.1) is 0 Å². The number of nitrogens with one attached hydrogen (secondary N) is 1. The van der Waals surface area contributed by atoms with Gasteiger partial charge in [0.1, 0.15) is 16.5 Å². The maximum Gasteiger partial charge on any atom is 0.310 e. The van der Waals surface area contributed by atoms with Crippen molar-refractivity contribution < 1.29 is 27.1 Å². The number of rotatable bonds is 4. The minimum atomic E-state index is -4.26. The van der Waals surface area contributed by atoms with Gasteiger partial charge in [0.25, 0.3) is 0 Å². The predicted octanol–water partition coefficient (Wildman–Crippen LogP) is 1.27. The number of carbonyl (C=O) groups is 1. The minimum absolute atomic E-state index is 0.0332. The molecule has 0 aliphatic heterocycles. The summed E-state index contributed by atoms with van der Waals surface area (Å²) in [7, 11) is -4.26. The van der Waals surface area contributed by atoms with Gasteiger partial charge in [-0.3, -0.25) is 4.79 Å². The highest BCUT2D eigenvalue weighted by Crippen LogP contribution is 2.21. The molecule has 5 nitrogen and oxygen atoms in total. The van der Waals surface area contributed by atoms with Crippen LogP contribution < -0.4 is 4.72 Å². The molecule has 0 saturated carbocycles. The number of carboxylic acid groups (broad SMARTS) is 1. The van der Waals surface area contributed by atoms with Gasteiger partial charge >= 0.3 is 5.97 Å². The van der Waals surface area contributed by atoms with Crippen LogP contribution >= 0.6 is 0 Å². The first-order chi connectivity index (χ1) is 9.29. The van der Waals surface area contributed by atoms with E-state index < -0.39 is 44.5 Å². The lowest BCUT2D eigenvalue weighted by molar-refractivity contribution is -0.140. The highest BCUT2D eigenvalue weighted by molar-refractivity contribution is 7.89. The molecule has 0 amide bonds. The molecule has 0 bridgehead atoms. The summed E-state index contributed by atoms with van der Waals surface area (Å²) in [5, 5.41) is 8.79. The van der Waals surface area contributed by atoms with E-state index in [1.54, 1.807) is 0 Å². The Morgan fingerprint density at radius 2 is 2.00 bits per heavy atom. The van der Waals surface area contributed by atoms with Crippen molar-refractivity contribution in [2.24, 2.45) is 5.92 Å². The number of hydrogen-bond acceptors (Lipinski definition) is 3. The van der Waals surface area contributed by atoms with Gasteiger partial charge in [-0.1, -0.05) is 12.2 Å². The van der Waals surface area contributed by atoms with Gasteiger partial charge in [0.05, 0.1) is 5.92 Å². The monoisotopic (exact) mass is 303 g/mol. The van der Waals surface area contributed by atoms with Crippen LogP contribution in [0.4, 0.5) is 8.78 Å². The van der Waals surface area contributed by atoms with E-state index in [1.807, 2.05) is 0 Å². The summed E-state index contributed by atoms with van der Waals surface area (Å²) in [6, 6.07) is 1.34. The van der Waals surface area contributed by atoms with Gasteiger partial charge in [-0.2, -0.15) is 0 Å². The van der Waals surface area contributed by atoms with Crippen LogP contribution in [-0.4, -0.2) is 25.5 Å². The van der Waals surface area contributed by atoms with Crippen molar-refractivity contribution in [3.05, 3.63) is 42.0 Å². The topological polar surface area (TPSA) is 83.5 Å². The third kappa shape index (κ3) is 3.02. The molecule has 2 unspecified atom stereocenters. The molecule has 0 spiro atoms. The maximum absolute atomic E-state index is 13.4. The van der Waals surface area contributed by atoms with E-state index in [-0.39, 0.29) is 6.42 Å². The molecule has 1 aliphatic carbocycles. The van der Waals surface area contributed by atoms with Gasteiger partial charge in [0, 0.05) is 6.04 Å². The van der Waals surface area contributed by atoms with E-state index in [0.717, 1.165) is 6.07 Å². The lowest BCUT2D eigenvalue weighted by atomic mass is 10.1. The summed E-state index contributed by atoms with van der Waals surface area (Å²) in [6.45, 7) is 0. The molecule has 1 aromatic carbocycles. The van der Waals surface area contributed by atoms with E-state index in [4.69, 9.17) is 5.11 Å². The Kier molecular flexibility index (Phi) is 3.87. The standard InChI is InChI=1S/C12H11F2NO4S/c13-8-2-4-10(14)11(6-8)20(18,19)15-9-3-1-7(5-9)12(16)17/h1-4,6-7,9,15H,5H2,(H,16,17). The molecule has 2 atom stereocenters. The van der Waals surface area contributed by atoms with Gasteiger partial charge in [-0.25, -0.2) is 21.9 Å². The first kappa shape index (κ1) is 14.6. The molecule has 0 radical (unpaired) electrons. The number of benzene rings is 1. The molecule has 2 N–H and O–H groups in total. The fourth-order valence-corrected chi connectivity index (χ4v) is 3.21. The second-order valence-electron chi connectivity index (χ2n) is 4.37. The lowest BCUT2D eigenvalue weighted by Crippen LogP contribution is -2.33. The Morgan fingerprint density at radius 1 is 1.30 bits per heavy atom. The first-order valence-corrected chi connectivity index (χ1v) is 7.16. The van der Waals surface area contributed by atoms with E-state index in [2.05, 4.69) is 4.72 Å². The van der Waals surface area contributed by atoms with Crippen molar-refractivity contribution in [2.75, 3.05) is 0 Å². The molecule has 0 aromatic heterocycles. The lowest BCUT2D eigenvalue weighted by Gasteiger charge is -2.13. The molecule has 1 aliphatic rings. The van der Waals surface area contributed by atoms with Gasteiger partial charge < -0.3 is 5.11 Å². The van der Waals surface area contributed by atoms with Crippen LogP contribution in [0.2, 0.25) is 0 Å². The Labute approximate surface area is 114 Å². The second kappa shape index (κ2) is 5.29. The highest BCUT2D eigenvalue weighted by Gasteiger charge is 2.29. The number of carboxylic acids is 1. The van der Waals surface area contributed by atoms with Crippen LogP contribution in [0.3, 0.4) is 0 Å². The van der Waals surface area contributed by atoms with Crippen molar-refractivity contribution in [1.82, 2.24) is 4.72 Å². The van der Waals surface area contributed by atoms with Gasteiger partial charge in [0.2, 0.25) is 10.0 Å². The fraction of sp³-hybridized carbons (Fsp3) is 0.250. The van der Waals surface area contributed by atoms with Crippen LogP contribution in [0.1, 0.15) is 6.42 Å². The zero-order chi connectivity index (χ0) is 14.9. The molecular weight excluding hydrogens is 292 g/mol. The molecule has 108 valence electrons. The van der Waals surface area contributed by atoms with E-state index >= 15 is 0 Å². The SMILES string of the molecule is O=C(O)C1C=CC(NS(=O)(=O)c2cc(F)ccc2F)C1. The summed E-state index contributed by atoms with van der Waals surface area (Å²) < 4.78 is 52.5. The van der Waals surface area contributed by atoms with Crippen LogP contribution in [0.15, 0.2) is 35.2 Å². The summed E-state index contributed by atoms with van der Waals surface area (Å²) >= 11 is 0. The summed E-state index contributed by atoms with van der Waals surface area (Å²) in [5.74, 6) is -3.81. The van der Waals surface area contributed by atoms with E-state index in [0.29, 0.717) is 12.1 Å². The second-order valence-corrected chi connectivity index (χ2v) is 6.05. The van der Waals surface area contributed by atoms with Crippen molar-refractivity contribution in [3.8, 4) is 0 Å². The van der Waals surface area contributed by atoms with Crippen LogP contribution in [-0.2, 0) is 14.8 Å². The average Bonchev–Trinajstić information content (AvgIpc) is 2.80. The molecule has 8 heteroatoms. The molecule has 1 aromatic rings. The third-order valence-corrected chi connectivity index (χ3v) is 4.40. The normalized spacial score (nSPS) is 22.1. The van der Waals surface area contributed by atoms with Crippen molar-refractivity contribution >= 4 is 16.0 Å². The predicted molar refractivity (Wildman–Crippen MR) is 65.4 cm³/mol. The third-order valence-electron chi connectivity index (χ3n) is 2.89. The Balaban J connectivity index is 2.19. The van der Waals surface area contributed by atoms with Crippen LogP contribution in [0, 0.1) is 17.6 Å². The van der Waals surface area contributed by atoms with Crippen molar-refractivity contribution in [2.45, 2.75) is 17.4 Å². The Morgan fingerprint density at radius 3 is 2.60 bits per heavy atom. The summed E-state index contributed by atoms with van der Waals surface area (Å²) in [4.78, 5) is 9.94. The zero-order valence-electron chi connectivity index (χ0n) is 10.1. The molecule has 0 saturated heterocycles. The number of aliphatic carboxylic acids is 1. The molecule has 2 rings (SSSR count). The quantitative estimate of drug-likeness (QED) is 0.821. The zero-order valence-corrected chi connectivity index (χ0v) is 10.9. The van der Waals surface area contributed by atoms with Gasteiger partial charge in [0.15, 0.2) is 0 Å². The van der Waals surface area contributed by atoms with Crippen LogP contribution in [0.5, 0.6) is 0 Å². The smallest absolute Gasteiger partial charge is 0.310 e. The Hall–Kier alpha value is -1.80. The molecule has 20 heavy (non-hydrogen) atoms. The molecule has 0 fully saturated rings. The highest BCUT2D eigenvalue weighted by atomic mass is 32.2. The van der Waals surface area contributed by atoms with Crippen molar-refractivity contribution in [3.63, 3.8) is 0 Å². The summed E-state index contributed by atoms with van der Waals surface area (Å²) in [6.07, 6.45) is 2.77. The molecule has 0 heterocycles.